The van der Waals surface area contributed by atoms with Crippen LogP contribution in [0.25, 0.3) is 0 Å². The van der Waals surface area contributed by atoms with Gasteiger partial charge in [-0.3, -0.25) is 15.0 Å². The van der Waals surface area contributed by atoms with E-state index in [4.69, 9.17) is 9.47 Å². The minimum atomic E-state index is -4.57. The van der Waals surface area contributed by atoms with Crippen LogP contribution in [0.2, 0.25) is 0 Å². The number of aromatic nitrogens is 2. The molecule has 0 unspecified atom stereocenters. The lowest BCUT2D eigenvalue weighted by Crippen LogP contribution is -2.38. The van der Waals surface area contributed by atoms with Crippen LogP contribution in [0.5, 0.6) is 5.75 Å². The number of aryl methyl sites for hydroxylation is 1. The van der Waals surface area contributed by atoms with Crippen LogP contribution in [-0.4, -0.2) is 66.3 Å². The molecule has 3 amide bonds. The van der Waals surface area contributed by atoms with Gasteiger partial charge in [-0.25, -0.2) is 14.8 Å². The second-order valence-electron chi connectivity index (χ2n) is 10.4. The van der Waals surface area contributed by atoms with Gasteiger partial charge in [0.15, 0.2) is 0 Å². The van der Waals surface area contributed by atoms with Gasteiger partial charge in [0.1, 0.15) is 30.3 Å². The van der Waals surface area contributed by atoms with Gasteiger partial charge in [0.25, 0.3) is 5.91 Å². The average Bonchev–Trinajstić information content (AvgIpc) is 3.04. The van der Waals surface area contributed by atoms with Crippen molar-refractivity contribution in [1.82, 2.24) is 14.9 Å². The number of hydrogen-bond donors (Lipinski definition) is 4. The Morgan fingerprint density at radius 3 is 2.39 bits per heavy atom. The summed E-state index contributed by atoms with van der Waals surface area (Å²) in [5.41, 5.74) is 1.02. The molecule has 2 heterocycles. The standard InChI is InChI=1S/C32H32F3N7O4/c1-21-5-6-25(39-30(43)22-3-2-4-23(17-22)32(33,34)35)18-27(21)40-31(44)41-29-19-28(36-20-37-29)38-24-7-9-26(10-8-24)46-16-13-42-11-14-45-15-12-42/h2-10,17-20H,11-16H2,1H3,(H,39,43)(H3,36,37,38,40,41,44). The van der Waals surface area contributed by atoms with Gasteiger partial charge in [-0.05, 0) is 67.1 Å². The maximum atomic E-state index is 13.1. The van der Waals surface area contributed by atoms with Crippen LogP contribution in [0.4, 0.5) is 46.7 Å². The van der Waals surface area contributed by atoms with Crippen molar-refractivity contribution in [3.63, 3.8) is 0 Å². The predicted octanol–water partition coefficient (Wildman–Crippen LogP) is 6.15. The van der Waals surface area contributed by atoms with E-state index in [2.05, 4.69) is 36.1 Å². The molecule has 0 atom stereocenters. The van der Waals surface area contributed by atoms with E-state index in [1.54, 1.807) is 25.1 Å². The van der Waals surface area contributed by atoms with Crippen molar-refractivity contribution >= 4 is 40.6 Å². The lowest BCUT2D eigenvalue weighted by atomic mass is 10.1. The fraction of sp³-hybridized carbons (Fsp3) is 0.250. The lowest BCUT2D eigenvalue weighted by Gasteiger charge is -2.26. The summed E-state index contributed by atoms with van der Waals surface area (Å²) in [7, 11) is 0. The molecule has 4 aromatic rings. The topological polar surface area (TPSA) is 130 Å². The van der Waals surface area contributed by atoms with Crippen molar-refractivity contribution in [2.45, 2.75) is 13.1 Å². The van der Waals surface area contributed by atoms with E-state index in [9.17, 15) is 22.8 Å². The number of halogens is 3. The van der Waals surface area contributed by atoms with Crippen LogP contribution in [0.3, 0.4) is 0 Å². The number of benzene rings is 3. The maximum Gasteiger partial charge on any atom is 0.416 e. The van der Waals surface area contributed by atoms with Crippen molar-refractivity contribution < 1.29 is 32.2 Å². The van der Waals surface area contributed by atoms with Crippen molar-refractivity contribution in [2.75, 3.05) is 60.7 Å². The zero-order valence-electron chi connectivity index (χ0n) is 24.9. The number of nitrogens with zero attached hydrogens (tertiary/aromatic N) is 3. The van der Waals surface area contributed by atoms with E-state index in [1.165, 1.54) is 24.5 Å². The Morgan fingerprint density at radius 2 is 1.63 bits per heavy atom. The molecule has 0 spiro atoms. The highest BCUT2D eigenvalue weighted by Gasteiger charge is 2.31. The first-order valence-corrected chi connectivity index (χ1v) is 14.4. The third-order valence-corrected chi connectivity index (χ3v) is 7.01. The second-order valence-corrected chi connectivity index (χ2v) is 10.4. The minimum Gasteiger partial charge on any atom is -0.492 e. The van der Waals surface area contributed by atoms with Crippen LogP contribution >= 0.6 is 0 Å². The molecule has 11 nitrogen and oxygen atoms in total. The number of hydrogen-bond acceptors (Lipinski definition) is 8. The Bertz CT molecular complexity index is 1660. The van der Waals surface area contributed by atoms with Crippen molar-refractivity contribution in [3.8, 4) is 5.75 Å². The van der Waals surface area contributed by atoms with Crippen LogP contribution in [0.1, 0.15) is 21.5 Å². The number of urea groups is 1. The van der Waals surface area contributed by atoms with Crippen molar-refractivity contribution in [3.05, 3.63) is 95.8 Å². The zero-order valence-corrected chi connectivity index (χ0v) is 24.9. The number of nitrogens with one attached hydrogen (secondary N) is 4. The zero-order chi connectivity index (χ0) is 32.5. The summed E-state index contributed by atoms with van der Waals surface area (Å²) in [6, 6.07) is 17.2. The van der Waals surface area contributed by atoms with E-state index >= 15 is 0 Å². The van der Waals surface area contributed by atoms with E-state index in [0.29, 0.717) is 23.7 Å². The van der Waals surface area contributed by atoms with Crippen LogP contribution in [0.15, 0.2) is 79.1 Å². The first-order chi connectivity index (χ1) is 22.1. The molecule has 1 saturated heterocycles. The number of ether oxygens (including phenoxy) is 2. The SMILES string of the molecule is Cc1ccc(NC(=O)c2cccc(C(F)(F)F)c2)cc1NC(=O)Nc1cc(Nc2ccc(OCCN3CCOCC3)cc2)ncn1. The Kier molecular flexibility index (Phi) is 10.3. The molecule has 4 N–H and O–H groups in total. The fourth-order valence-electron chi connectivity index (χ4n) is 4.54. The molecule has 5 rings (SSSR count). The molecule has 1 fully saturated rings. The summed E-state index contributed by atoms with van der Waals surface area (Å²) in [4.78, 5) is 36.0. The Hall–Kier alpha value is -5.21. The van der Waals surface area contributed by atoms with Gasteiger partial charge in [0.05, 0.1) is 18.8 Å². The molecule has 14 heteroatoms. The summed E-state index contributed by atoms with van der Waals surface area (Å²) >= 11 is 0. The third kappa shape index (κ3) is 9.15. The maximum absolute atomic E-state index is 13.1. The van der Waals surface area contributed by atoms with Crippen LogP contribution < -0.4 is 26.0 Å². The van der Waals surface area contributed by atoms with Gasteiger partial charge in [-0.2, -0.15) is 13.2 Å². The molecular formula is C32H32F3N7O4. The summed E-state index contributed by atoms with van der Waals surface area (Å²) in [6.07, 6.45) is -3.27. The van der Waals surface area contributed by atoms with Crippen LogP contribution in [-0.2, 0) is 10.9 Å². The fourth-order valence-corrected chi connectivity index (χ4v) is 4.54. The Balaban J connectivity index is 1.14. The van der Waals surface area contributed by atoms with Gasteiger partial charge in [0.2, 0.25) is 0 Å². The Labute approximate surface area is 263 Å². The number of morpholine rings is 1. The van der Waals surface area contributed by atoms with E-state index in [1.807, 2.05) is 24.3 Å². The van der Waals surface area contributed by atoms with Gasteiger partial charge < -0.3 is 25.4 Å². The Morgan fingerprint density at radius 1 is 0.891 bits per heavy atom. The first-order valence-electron chi connectivity index (χ1n) is 14.4. The van der Waals surface area contributed by atoms with Gasteiger partial charge in [0, 0.05) is 48.3 Å². The third-order valence-electron chi connectivity index (χ3n) is 7.01. The largest absolute Gasteiger partial charge is 0.492 e. The number of anilines is 5. The van der Waals surface area contributed by atoms with Crippen molar-refractivity contribution in [1.29, 1.82) is 0 Å². The molecule has 3 aromatic carbocycles. The number of amides is 3. The predicted molar refractivity (Wildman–Crippen MR) is 168 cm³/mol. The molecule has 1 aliphatic heterocycles. The quantitative estimate of drug-likeness (QED) is 0.163. The normalized spacial score (nSPS) is 13.5. The summed E-state index contributed by atoms with van der Waals surface area (Å²) in [5, 5.41) is 11.1. The van der Waals surface area contributed by atoms with Gasteiger partial charge >= 0.3 is 12.2 Å². The molecule has 0 radical (unpaired) electrons. The molecule has 0 saturated carbocycles. The van der Waals surface area contributed by atoms with Gasteiger partial charge in [-0.1, -0.05) is 12.1 Å². The summed E-state index contributed by atoms with van der Waals surface area (Å²) in [5.74, 6) is 0.693. The van der Waals surface area contributed by atoms with E-state index in [-0.39, 0.29) is 17.1 Å². The number of carbonyl (C=O) groups is 2. The molecule has 1 aromatic heterocycles. The molecule has 0 bridgehead atoms. The molecule has 46 heavy (non-hydrogen) atoms. The number of alkyl halides is 3. The minimum absolute atomic E-state index is 0.153. The summed E-state index contributed by atoms with van der Waals surface area (Å²) in [6.45, 7) is 6.47. The van der Waals surface area contributed by atoms with Gasteiger partial charge in [-0.15, -0.1) is 0 Å². The average molecular weight is 636 g/mol. The second kappa shape index (κ2) is 14.7. The molecule has 240 valence electrons. The first kappa shape index (κ1) is 32.2. The smallest absolute Gasteiger partial charge is 0.416 e. The number of carbonyl (C=O) groups excluding carboxylic acids is 2. The highest BCUT2D eigenvalue weighted by Crippen LogP contribution is 2.30. The van der Waals surface area contributed by atoms with Crippen molar-refractivity contribution in [2.24, 2.45) is 0 Å². The molecule has 1 aliphatic rings. The molecule has 0 aliphatic carbocycles. The van der Waals surface area contributed by atoms with E-state index in [0.717, 1.165) is 56.4 Å². The highest BCUT2D eigenvalue weighted by atomic mass is 19.4. The van der Waals surface area contributed by atoms with Crippen LogP contribution in [0, 0.1) is 6.92 Å². The summed E-state index contributed by atoms with van der Waals surface area (Å²) < 4.78 is 50.4. The van der Waals surface area contributed by atoms with E-state index < -0.39 is 23.7 Å². The lowest BCUT2D eigenvalue weighted by molar-refractivity contribution is -0.137. The molecular weight excluding hydrogens is 603 g/mol. The highest BCUT2D eigenvalue weighted by molar-refractivity contribution is 6.05. The number of rotatable bonds is 10. The monoisotopic (exact) mass is 635 g/mol.